The number of likely N-dealkylation sites (tertiary alicyclic amines) is 1. The Hall–Kier alpha value is -1.35. The molecule has 1 saturated heterocycles. The summed E-state index contributed by atoms with van der Waals surface area (Å²) in [6.07, 6.45) is 1.48. The fourth-order valence-corrected chi connectivity index (χ4v) is 3.71. The van der Waals surface area contributed by atoms with Crippen molar-refractivity contribution >= 4 is 21.9 Å². The normalized spacial score (nSPS) is 19.0. The monoisotopic (exact) mass is 347 g/mol. The lowest BCUT2D eigenvalue weighted by atomic mass is 10.4. The Kier molecular flexibility index (Phi) is 7.77. The van der Waals surface area contributed by atoms with Crippen molar-refractivity contribution in [3.63, 3.8) is 0 Å². The molecule has 23 heavy (non-hydrogen) atoms. The Morgan fingerprint density at radius 2 is 2.04 bits per heavy atom. The van der Waals surface area contributed by atoms with E-state index in [1.54, 1.807) is 21.0 Å². The highest BCUT2D eigenvalue weighted by Crippen LogP contribution is 2.16. The van der Waals surface area contributed by atoms with E-state index >= 15 is 0 Å². The Morgan fingerprint density at radius 3 is 2.61 bits per heavy atom. The number of rotatable bonds is 7. The average molecular weight is 347 g/mol. The zero-order valence-corrected chi connectivity index (χ0v) is 15.3. The second kappa shape index (κ2) is 9.07. The van der Waals surface area contributed by atoms with Crippen molar-refractivity contribution in [2.75, 3.05) is 46.8 Å². The summed E-state index contributed by atoms with van der Waals surface area (Å²) in [7, 11) is 0.0814. The molecule has 0 radical (unpaired) electrons. The molecule has 1 amide bonds. The van der Waals surface area contributed by atoms with Crippen LogP contribution in [0.2, 0.25) is 0 Å². The Morgan fingerprint density at radius 1 is 1.35 bits per heavy atom. The van der Waals surface area contributed by atoms with Crippen LogP contribution < -0.4 is 10.0 Å². The average Bonchev–Trinajstić information content (AvgIpc) is 2.97. The smallest absolute Gasteiger partial charge is 0.243 e. The molecule has 1 heterocycles. The van der Waals surface area contributed by atoms with E-state index in [1.165, 1.54) is 4.90 Å². The van der Waals surface area contributed by atoms with Crippen molar-refractivity contribution in [1.29, 1.82) is 0 Å². The number of sulfonamides is 1. The van der Waals surface area contributed by atoms with Crippen LogP contribution in [0.1, 0.15) is 26.7 Å². The first kappa shape index (κ1) is 19.7. The number of nitrogens with one attached hydrogen (secondary N) is 2. The molecule has 1 rings (SSSR count). The van der Waals surface area contributed by atoms with Crippen molar-refractivity contribution in [2.45, 2.75) is 31.9 Å². The minimum absolute atomic E-state index is 0.0557. The Bertz CT molecular complexity index is 519. The van der Waals surface area contributed by atoms with Gasteiger partial charge in [-0.2, -0.15) is 0 Å². The SMILES string of the molecule is CCCNC(=NCC(=O)N(C)C)N1CCC(S(=O)(=O)NCC)C1. The molecule has 0 spiro atoms. The quantitative estimate of drug-likeness (QED) is 0.476. The number of hydrogen-bond donors (Lipinski definition) is 2. The van der Waals surface area contributed by atoms with Crippen LogP contribution in [0.15, 0.2) is 4.99 Å². The predicted molar refractivity (Wildman–Crippen MR) is 91.9 cm³/mol. The number of nitrogens with zero attached hydrogens (tertiary/aromatic N) is 3. The lowest BCUT2D eigenvalue weighted by molar-refractivity contribution is -0.127. The summed E-state index contributed by atoms with van der Waals surface area (Å²) in [5.74, 6) is 0.521. The van der Waals surface area contributed by atoms with Crippen LogP contribution in [0.5, 0.6) is 0 Å². The highest BCUT2D eigenvalue weighted by atomic mass is 32.2. The maximum atomic E-state index is 12.1. The second-order valence-corrected chi connectivity index (χ2v) is 7.80. The lowest BCUT2D eigenvalue weighted by Gasteiger charge is -2.22. The molecule has 8 nitrogen and oxygen atoms in total. The summed E-state index contributed by atoms with van der Waals surface area (Å²) in [5, 5.41) is 2.76. The third-order valence-electron chi connectivity index (χ3n) is 3.62. The van der Waals surface area contributed by atoms with Gasteiger partial charge in [-0.1, -0.05) is 13.8 Å². The van der Waals surface area contributed by atoms with Gasteiger partial charge < -0.3 is 15.1 Å². The van der Waals surface area contributed by atoms with Gasteiger partial charge in [-0.3, -0.25) is 4.79 Å². The first-order chi connectivity index (χ1) is 10.8. The number of amides is 1. The van der Waals surface area contributed by atoms with Gasteiger partial charge >= 0.3 is 0 Å². The summed E-state index contributed by atoms with van der Waals surface area (Å²) in [5.41, 5.74) is 0. The molecule has 1 aliphatic heterocycles. The summed E-state index contributed by atoms with van der Waals surface area (Å²) in [6, 6.07) is 0. The van der Waals surface area contributed by atoms with Crippen LogP contribution in [-0.4, -0.2) is 82.2 Å². The van der Waals surface area contributed by atoms with Gasteiger partial charge in [0.25, 0.3) is 0 Å². The molecule has 0 aromatic heterocycles. The van der Waals surface area contributed by atoms with E-state index in [2.05, 4.69) is 15.0 Å². The van der Waals surface area contributed by atoms with E-state index in [0.717, 1.165) is 13.0 Å². The molecule has 0 saturated carbocycles. The minimum Gasteiger partial charge on any atom is -0.356 e. The topological polar surface area (TPSA) is 94.1 Å². The molecular formula is C14H29N5O3S. The molecule has 1 fully saturated rings. The van der Waals surface area contributed by atoms with E-state index in [1.807, 2.05) is 11.8 Å². The van der Waals surface area contributed by atoms with Gasteiger partial charge in [0.2, 0.25) is 15.9 Å². The maximum absolute atomic E-state index is 12.1. The van der Waals surface area contributed by atoms with E-state index in [-0.39, 0.29) is 12.5 Å². The largest absolute Gasteiger partial charge is 0.356 e. The van der Waals surface area contributed by atoms with Gasteiger partial charge in [-0.05, 0) is 12.8 Å². The summed E-state index contributed by atoms with van der Waals surface area (Å²) < 4.78 is 26.8. The Labute approximate surface area is 139 Å². The van der Waals surface area contributed by atoms with Crippen molar-refractivity contribution in [3.05, 3.63) is 0 Å². The number of aliphatic imine (C=N–C) groups is 1. The molecule has 134 valence electrons. The molecule has 0 aromatic rings. The highest BCUT2D eigenvalue weighted by Gasteiger charge is 2.34. The highest BCUT2D eigenvalue weighted by molar-refractivity contribution is 7.90. The number of carbonyl (C=O) groups excluding carboxylic acids is 1. The second-order valence-electron chi connectivity index (χ2n) is 5.75. The van der Waals surface area contributed by atoms with Crippen LogP contribution in [0.3, 0.4) is 0 Å². The Balaban J connectivity index is 2.77. The number of hydrogen-bond acceptors (Lipinski definition) is 4. The van der Waals surface area contributed by atoms with Crippen LogP contribution in [0, 0.1) is 0 Å². The standard InChI is InChI=1S/C14H29N5O3S/c1-5-8-15-14(16-10-13(20)18(3)4)19-9-7-12(11-19)23(21,22)17-6-2/h12,17H,5-11H2,1-4H3,(H,15,16). The van der Waals surface area contributed by atoms with Gasteiger partial charge in [-0.25, -0.2) is 18.1 Å². The van der Waals surface area contributed by atoms with E-state index < -0.39 is 15.3 Å². The van der Waals surface area contributed by atoms with E-state index in [0.29, 0.717) is 32.0 Å². The predicted octanol–water partition coefficient (Wildman–Crippen LogP) is -0.556. The molecule has 0 bridgehead atoms. The zero-order chi connectivity index (χ0) is 17.5. The van der Waals surface area contributed by atoms with Gasteiger partial charge in [0.05, 0.1) is 5.25 Å². The fraction of sp³-hybridized carbons (Fsp3) is 0.857. The third kappa shape index (κ3) is 5.98. The fourth-order valence-electron chi connectivity index (χ4n) is 2.28. The molecule has 0 aromatic carbocycles. The van der Waals surface area contributed by atoms with Crippen LogP contribution >= 0.6 is 0 Å². The van der Waals surface area contributed by atoms with Crippen LogP contribution in [0.4, 0.5) is 0 Å². The summed E-state index contributed by atoms with van der Waals surface area (Å²) in [6.45, 7) is 5.99. The molecule has 2 N–H and O–H groups in total. The van der Waals surface area contributed by atoms with Crippen molar-refractivity contribution in [2.24, 2.45) is 4.99 Å². The number of guanidine groups is 1. The van der Waals surface area contributed by atoms with Gasteiger partial charge in [0.1, 0.15) is 6.54 Å². The molecule has 1 unspecified atom stereocenters. The molecular weight excluding hydrogens is 318 g/mol. The van der Waals surface area contributed by atoms with E-state index in [9.17, 15) is 13.2 Å². The van der Waals surface area contributed by atoms with Crippen molar-refractivity contribution in [1.82, 2.24) is 19.8 Å². The maximum Gasteiger partial charge on any atom is 0.243 e. The van der Waals surface area contributed by atoms with E-state index in [4.69, 9.17) is 0 Å². The van der Waals surface area contributed by atoms with Crippen molar-refractivity contribution < 1.29 is 13.2 Å². The first-order valence-corrected chi connectivity index (χ1v) is 9.58. The zero-order valence-electron chi connectivity index (χ0n) is 14.5. The van der Waals surface area contributed by atoms with Crippen LogP contribution in [0.25, 0.3) is 0 Å². The molecule has 0 aliphatic carbocycles. The molecule has 9 heteroatoms. The summed E-state index contributed by atoms with van der Waals surface area (Å²) in [4.78, 5) is 19.5. The lowest BCUT2D eigenvalue weighted by Crippen LogP contribution is -2.43. The first-order valence-electron chi connectivity index (χ1n) is 8.03. The van der Waals surface area contributed by atoms with Crippen molar-refractivity contribution in [3.8, 4) is 0 Å². The van der Waals surface area contributed by atoms with Gasteiger partial charge in [-0.15, -0.1) is 0 Å². The van der Waals surface area contributed by atoms with Gasteiger partial charge in [0, 0.05) is 40.3 Å². The minimum atomic E-state index is -3.29. The summed E-state index contributed by atoms with van der Waals surface area (Å²) >= 11 is 0. The number of carbonyl (C=O) groups is 1. The molecule has 1 aliphatic rings. The number of likely N-dealkylation sites (N-methyl/N-ethyl adjacent to an activating group) is 1. The third-order valence-corrected chi connectivity index (χ3v) is 5.58. The van der Waals surface area contributed by atoms with Gasteiger partial charge in [0.15, 0.2) is 5.96 Å². The molecule has 1 atom stereocenters. The van der Waals surface area contributed by atoms with Crippen LogP contribution in [-0.2, 0) is 14.8 Å².